The van der Waals surface area contributed by atoms with Crippen molar-refractivity contribution in [3.05, 3.63) is 0 Å². The highest BCUT2D eigenvalue weighted by Gasteiger charge is 2.25. The minimum Gasteiger partial charge on any atom is -0.395 e. The van der Waals surface area contributed by atoms with Crippen molar-refractivity contribution in [2.24, 2.45) is 11.8 Å². The summed E-state index contributed by atoms with van der Waals surface area (Å²) in [6, 6.07) is 0.943. The van der Waals surface area contributed by atoms with Gasteiger partial charge in [0.1, 0.15) is 0 Å². The Morgan fingerprint density at radius 3 is 2.50 bits per heavy atom. The molecule has 0 bridgehead atoms. The quantitative estimate of drug-likeness (QED) is 0.727. The van der Waals surface area contributed by atoms with E-state index in [1.165, 1.54) is 19.3 Å². The molecule has 1 fully saturated rings. The summed E-state index contributed by atoms with van der Waals surface area (Å²) < 4.78 is 0. The van der Waals surface area contributed by atoms with Crippen LogP contribution >= 0.6 is 0 Å². The standard InChI is InChI=1S/C12H25NO/c1-4-11(8-14)13-12-6-5-9(2)10(3)7-12/h9-14H,4-8H2,1-3H3/t9-,10+,11+,12-/m0/s1. The number of nitrogens with one attached hydrogen (secondary N) is 1. The molecule has 2 nitrogen and oxygen atoms in total. The van der Waals surface area contributed by atoms with Crippen molar-refractivity contribution in [1.82, 2.24) is 5.32 Å². The Morgan fingerprint density at radius 2 is 2.00 bits per heavy atom. The van der Waals surface area contributed by atoms with Gasteiger partial charge in [0.2, 0.25) is 0 Å². The maximum Gasteiger partial charge on any atom is 0.0584 e. The Balaban J connectivity index is 2.32. The van der Waals surface area contributed by atoms with Crippen molar-refractivity contribution >= 4 is 0 Å². The number of hydrogen-bond donors (Lipinski definition) is 2. The van der Waals surface area contributed by atoms with E-state index < -0.39 is 0 Å². The summed E-state index contributed by atoms with van der Waals surface area (Å²) in [5.41, 5.74) is 0. The molecule has 14 heavy (non-hydrogen) atoms. The van der Waals surface area contributed by atoms with Crippen LogP contribution in [-0.4, -0.2) is 23.8 Å². The molecule has 0 aromatic rings. The molecule has 0 spiro atoms. The van der Waals surface area contributed by atoms with Gasteiger partial charge < -0.3 is 10.4 Å². The average molecular weight is 199 g/mol. The van der Waals surface area contributed by atoms with E-state index >= 15 is 0 Å². The van der Waals surface area contributed by atoms with Gasteiger partial charge in [0, 0.05) is 12.1 Å². The van der Waals surface area contributed by atoms with Gasteiger partial charge in [-0.15, -0.1) is 0 Å². The fourth-order valence-electron chi connectivity index (χ4n) is 2.33. The van der Waals surface area contributed by atoms with Gasteiger partial charge in [0.05, 0.1) is 6.61 Å². The molecule has 0 aromatic carbocycles. The first-order valence-electron chi connectivity index (χ1n) is 6.04. The molecule has 0 saturated heterocycles. The summed E-state index contributed by atoms with van der Waals surface area (Å²) in [5, 5.41) is 12.7. The van der Waals surface area contributed by atoms with Crippen LogP contribution in [0.1, 0.15) is 46.5 Å². The molecular weight excluding hydrogens is 174 g/mol. The van der Waals surface area contributed by atoms with Crippen LogP contribution < -0.4 is 5.32 Å². The third kappa shape index (κ3) is 3.25. The predicted molar refractivity (Wildman–Crippen MR) is 60.3 cm³/mol. The van der Waals surface area contributed by atoms with Gasteiger partial charge in [0.15, 0.2) is 0 Å². The van der Waals surface area contributed by atoms with Crippen LogP contribution in [0.15, 0.2) is 0 Å². The zero-order valence-corrected chi connectivity index (χ0v) is 9.79. The molecule has 2 N–H and O–H groups in total. The van der Waals surface area contributed by atoms with Gasteiger partial charge in [0.25, 0.3) is 0 Å². The van der Waals surface area contributed by atoms with Gasteiger partial charge in [-0.2, -0.15) is 0 Å². The third-order valence-electron chi connectivity index (χ3n) is 3.78. The van der Waals surface area contributed by atoms with Crippen molar-refractivity contribution in [1.29, 1.82) is 0 Å². The summed E-state index contributed by atoms with van der Waals surface area (Å²) in [4.78, 5) is 0. The van der Waals surface area contributed by atoms with Crippen LogP contribution in [0.2, 0.25) is 0 Å². The van der Waals surface area contributed by atoms with Crippen molar-refractivity contribution in [3.63, 3.8) is 0 Å². The molecule has 1 rings (SSSR count). The van der Waals surface area contributed by atoms with Gasteiger partial charge in [-0.05, 0) is 37.5 Å². The molecule has 0 amide bonds. The second-order valence-corrected chi connectivity index (χ2v) is 4.92. The van der Waals surface area contributed by atoms with Gasteiger partial charge in [-0.1, -0.05) is 20.8 Å². The van der Waals surface area contributed by atoms with Crippen LogP contribution in [0.3, 0.4) is 0 Å². The number of aliphatic hydroxyl groups is 1. The lowest BCUT2D eigenvalue weighted by molar-refractivity contribution is 0.180. The van der Waals surface area contributed by atoms with Crippen LogP contribution in [0, 0.1) is 11.8 Å². The first-order chi connectivity index (χ1) is 6.67. The van der Waals surface area contributed by atoms with E-state index in [0.717, 1.165) is 18.3 Å². The minimum atomic E-state index is 0.275. The largest absolute Gasteiger partial charge is 0.395 e. The average Bonchev–Trinajstić information content (AvgIpc) is 2.19. The summed E-state index contributed by atoms with van der Waals surface area (Å²) in [5.74, 6) is 1.71. The summed E-state index contributed by atoms with van der Waals surface area (Å²) >= 11 is 0. The van der Waals surface area contributed by atoms with Crippen molar-refractivity contribution in [3.8, 4) is 0 Å². The van der Waals surface area contributed by atoms with Crippen LogP contribution in [0.25, 0.3) is 0 Å². The highest BCUT2D eigenvalue weighted by atomic mass is 16.3. The Kier molecular flexibility index (Phi) is 4.90. The van der Waals surface area contributed by atoms with E-state index in [2.05, 4.69) is 26.1 Å². The molecule has 0 radical (unpaired) electrons. The lowest BCUT2D eigenvalue weighted by atomic mass is 9.79. The van der Waals surface area contributed by atoms with Crippen LogP contribution in [0.4, 0.5) is 0 Å². The number of rotatable bonds is 4. The van der Waals surface area contributed by atoms with E-state index in [-0.39, 0.29) is 6.61 Å². The first-order valence-corrected chi connectivity index (χ1v) is 6.04. The SMILES string of the molecule is CC[C@H](CO)N[C@H]1CC[C@H](C)[C@H](C)C1. The monoisotopic (exact) mass is 199 g/mol. The van der Waals surface area contributed by atoms with Crippen molar-refractivity contribution < 1.29 is 5.11 Å². The summed E-state index contributed by atoms with van der Waals surface area (Å²) in [6.07, 6.45) is 4.91. The van der Waals surface area contributed by atoms with Crippen LogP contribution in [-0.2, 0) is 0 Å². The molecule has 0 heterocycles. The normalized spacial score (nSPS) is 35.6. The molecule has 4 atom stereocenters. The van der Waals surface area contributed by atoms with E-state index in [9.17, 15) is 0 Å². The molecule has 1 aliphatic carbocycles. The molecular formula is C12H25NO. The Bertz CT molecular complexity index is 156. The molecule has 0 aliphatic heterocycles. The fourth-order valence-corrected chi connectivity index (χ4v) is 2.33. The Hall–Kier alpha value is -0.0800. The highest BCUT2D eigenvalue weighted by Crippen LogP contribution is 2.29. The van der Waals surface area contributed by atoms with Crippen molar-refractivity contribution in [2.45, 2.75) is 58.5 Å². The van der Waals surface area contributed by atoms with Gasteiger partial charge in [-0.3, -0.25) is 0 Å². The van der Waals surface area contributed by atoms with Gasteiger partial charge >= 0.3 is 0 Å². The van der Waals surface area contributed by atoms with E-state index in [0.29, 0.717) is 12.1 Å². The maximum atomic E-state index is 9.11. The maximum absolute atomic E-state index is 9.11. The lowest BCUT2D eigenvalue weighted by Gasteiger charge is -2.34. The summed E-state index contributed by atoms with van der Waals surface area (Å²) in [6.45, 7) is 7.10. The zero-order valence-electron chi connectivity index (χ0n) is 9.79. The Morgan fingerprint density at radius 1 is 1.29 bits per heavy atom. The Labute approximate surface area is 88.1 Å². The zero-order chi connectivity index (χ0) is 10.6. The molecule has 0 unspecified atom stereocenters. The van der Waals surface area contributed by atoms with E-state index in [1.54, 1.807) is 0 Å². The smallest absolute Gasteiger partial charge is 0.0584 e. The lowest BCUT2D eigenvalue weighted by Crippen LogP contribution is -2.43. The highest BCUT2D eigenvalue weighted by molar-refractivity contribution is 4.82. The molecule has 1 aliphatic rings. The molecule has 0 aromatic heterocycles. The number of aliphatic hydroxyl groups excluding tert-OH is 1. The second kappa shape index (κ2) is 5.72. The van der Waals surface area contributed by atoms with Crippen molar-refractivity contribution in [2.75, 3.05) is 6.61 Å². The number of hydrogen-bond acceptors (Lipinski definition) is 2. The predicted octanol–water partition coefficient (Wildman–Crippen LogP) is 2.17. The topological polar surface area (TPSA) is 32.3 Å². The fraction of sp³-hybridized carbons (Fsp3) is 1.00. The second-order valence-electron chi connectivity index (χ2n) is 4.92. The van der Waals surface area contributed by atoms with Crippen LogP contribution in [0.5, 0.6) is 0 Å². The molecule has 2 heteroatoms. The molecule has 1 saturated carbocycles. The van der Waals surface area contributed by atoms with E-state index in [1.807, 2.05) is 0 Å². The minimum absolute atomic E-state index is 0.275. The molecule has 84 valence electrons. The first kappa shape index (κ1) is 12.0. The van der Waals surface area contributed by atoms with Gasteiger partial charge in [-0.25, -0.2) is 0 Å². The van der Waals surface area contributed by atoms with E-state index in [4.69, 9.17) is 5.11 Å². The third-order valence-corrected chi connectivity index (χ3v) is 3.78. The summed E-state index contributed by atoms with van der Waals surface area (Å²) in [7, 11) is 0.